The second-order valence-electron chi connectivity index (χ2n) is 17.4. The van der Waals surface area contributed by atoms with E-state index in [1.165, 1.54) is 5.57 Å². The Bertz CT molecular complexity index is 1200. The molecule has 1 aliphatic heterocycles. The van der Waals surface area contributed by atoms with E-state index in [9.17, 15) is 35.4 Å². The summed E-state index contributed by atoms with van der Waals surface area (Å²) >= 11 is 0. The molecule has 9 nitrogen and oxygen atoms in total. The first-order valence-corrected chi connectivity index (χ1v) is 17.5. The molecular weight excluding hydrogens is 576 g/mol. The van der Waals surface area contributed by atoms with Gasteiger partial charge < -0.3 is 40.1 Å². The monoisotopic (exact) mass is 634 g/mol. The van der Waals surface area contributed by atoms with Crippen molar-refractivity contribution in [3.8, 4) is 0 Å². The standard InChI is InChI=1S/C36H58O9/c1-18-10-13-36(31(43)45-30-28(41)27(40)26(39)22(17-37)44-30)15-14-34(6)20(25(36)19(18)2)8-9-24-33(5)16-21(38)29(42)32(3,4)23(33)11-12-35(24,34)7/h8,18-19,21-30,37-42H,9-17H2,1-7H3/t18-,19+,21-,22-,23+,24-,25+,26-,27+,28-,29+,30+,33+,34-,35-,36+/m1/s1. The molecule has 0 spiro atoms. The zero-order chi connectivity index (χ0) is 33.1. The van der Waals surface area contributed by atoms with Gasteiger partial charge in [0, 0.05) is 0 Å². The average molecular weight is 635 g/mol. The van der Waals surface area contributed by atoms with E-state index < -0.39 is 60.9 Å². The summed E-state index contributed by atoms with van der Waals surface area (Å²) in [6, 6.07) is 0. The summed E-state index contributed by atoms with van der Waals surface area (Å²) in [6.45, 7) is 15.4. The molecule has 0 amide bonds. The number of carbonyl (C=O) groups excluding carboxylic acids is 1. The van der Waals surface area contributed by atoms with Crippen LogP contribution in [0.15, 0.2) is 11.6 Å². The molecular formula is C36H58O9. The zero-order valence-corrected chi connectivity index (χ0v) is 28.3. The Morgan fingerprint density at radius 3 is 2.27 bits per heavy atom. The number of fused-ring (bicyclic) bond motifs is 7. The van der Waals surface area contributed by atoms with E-state index in [0.717, 1.165) is 32.1 Å². The third kappa shape index (κ3) is 4.46. The molecule has 16 atom stereocenters. The molecule has 6 N–H and O–H groups in total. The molecule has 0 bridgehead atoms. The minimum atomic E-state index is -1.63. The highest BCUT2D eigenvalue weighted by molar-refractivity contribution is 5.79. The highest BCUT2D eigenvalue weighted by Crippen LogP contribution is 2.75. The molecule has 5 aliphatic carbocycles. The van der Waals surface area contributed by atoms with Crippen LogP contribution in [0, 0.1) is 56.7 Å². The summed E-state index contributed by atoms with van der Waals surface area (Å²) in [5.41, 5.74) is -0.223. The van der Waals surface area contributed by atoms with Crippen molar-refractivity contribution in [2.45, 2.75) is 143 Å². The normalized spacial score (nSPS) is 55.7. The molecule has 9 heteroatoms. The van der Waals surface area contributed by atoms with Crippen LogP contribution >= 0.6 is 0 Å². The van der Waals surface area contributed by atoms with Crippen LogP contribution in [0.3, 0.4) is 0 Å². The average Bonchev–Trinajstić information content (AvgIpc) is 2.98. The lowest BCUT2D eigenvalue weighted by molar-refractivity contribution is -0.297. The molecule has 0 aromatic heterocycles. The summed E-state index contributed by atoms with van der Waals surface area (Å²) in [7, 11) is 0. The Morgan fingerprint density at radius 1 is 0.911 bits per heavy atom. The number of allylic oxidation sites excluding steroid dienone is 2. The third-order valence-corrected chi connectivity index (χ3v) is 15.4. The Hall–Kier alpha value is -1.07. The first-order chi connectivity index (χ1) is 20.9. The van der Waals surface area contributed by atoms with Crippen molar-refractivity contribution in [3.63, 3.8) is 0 Å². The number of esters is 1. The Labute approximate surface area is 268 Å². The van der Waals surface area contributed by atoms with E-state index in [1.54, 1.807) is 0 Å². The molecule has 6 aliphatic rings. The SMILES string of the molecule is C[C@H]1[C@H](C)CC[C@]2(C(=O)O[C@@H]3O[C@H](CO)[C@@H](O)[C@H](O)[C@H]3O)CC[C@]3(C)C(=CC[C@@H]4[C@@]5(C)C[C@@H](O)[C@H](O)C(C)(C)[C@@H]5CC[C@]43C)[C@H]12. The van der Waals surface area contributed by atoms with Crippen LogP contribution in [0.25, 0.3) is 0 Å². The van der Waals surface area contributed by atoms with E-state index in [4.69, 9.17) is 9.47 Å². The molecule has 1 saturated heterocycles. The summed E-state index contributed by atoms with van der Waals surface area (Å²) in [5, 5.41) is 63.2. The minimum Gasteiger partial charge on any atom is -0.432 e. The molecule has 1 heterocycles. The molecule has 0 aromatic carbocycles. The van der Waals surface area contributed by atoms with Gasteiger partial charge in [0.05, 0.1) is 24.2 Å². The van der Waals surface area contributed by atoms with Crippen LogP contribution in [0.5, 0.6) is 0 Å². The quantitative estimate of drug-likeness (QED) is 0.203. The smallest absolute Gasteiger partial charge is 0.315 e. The van der Waals surface area contributed by atoms with Crippen molar-refractivity contribution in [2.24, 2.45) is 56.7 Å². The summed E-state index contributed by atoms with van der Waals surface area (Å²) in [5.74, 6) is 0.739. The largest absolute Gasteiger partial charge is 0.432 e. The van der Waals surface area contributed by atoms with Gasteiger partial charge in [-0.05, 0) is 103 Å². The number of aliphatic hydroxyl groups excluding tert-OH is 6. The maximum atomic E-state index is 14.4. The van der Waals surface area contributed by atoms with Crippen molar-refractivity contribution in [1.29, 1.82) is 0 Å². The second kappa shape index (κ2) is 11.0. The highest BCUT2D eigenvalue weighted by atomic mass is 16.7. The first kappa shape index (κ1) is 33.8. The lowest BCUT2D eigenvalue weighted by atomic mass is 9.33. The number of ether oxygens (including phenoxy) is 2. The van der Waals surface area contributed by atoms with Gasteiger partial charge in [0.2, 0.25) is 6.29 Å². The van der Waals surface area contributed by atoms with E-state index in [2.05, 4.69) is 54.5 Å². The summed E-state index contributed by atoms with van der Waals surface area (Å²) < 4.78 is 11.6. The molecule has 45 heavy (non-hydrogen) atoms. The fourth-order valence-corrected chi connectivity index (χ4v) is 12.4. The first-order valence-electron chi connectivity index (χ1n) is 17.5. The summed E-state index contributed by atoms with van der Waals surface area (Å²) in [6.07, 6.45) is -0.00749. The van der Waals surface area contributed by atoms with Gasteiger partial charge in [-0.25, -0.2) is 0 Å². The molecule has 5 fully saturated rings. The maximum absolute atomic E-state index is 14.4. The Morgan fingerprint density at radius 2 is 1.60 bits per heavy atom. The van der Waals surface area contributed by atoms with Gasteiger partial charge in [-0.2, -0.15) is 0 Å². The van der Waals surface area contributed by atoms with E-state index >= 15 is 0 Å². The fourth-order valence-electron chi connectivity index (χ4n) is 12.4. The zero-order valence-electron chi connectivity index (χ0n) is 28.3. The number of aliphatic hydroxyl groups is 6. The van der Waals surface area contributed by atoms with Crippen LogP contribution in [0.2, 0.25) is 0 Å². The number of carbonyl (C=O) groups is 1. The van der Waals surface area contributed by atoms with Crippen LogP contribution in [0.4, 0.5) is 0 Å². The van der Waals surface area contributed by atoms with Crippen LogP contribution in [0.1, 0.15) is 99.8 Å². The number of hydrogen-bond donors (Lipinski definition) is 6. The van der Waals surface area contributed by atoms with Crippen molar-refractivity contribution in [2.75, 3.05) is 6.61 Å². The number of rotatable bonds is 3. The van der Waals surface area contributed by atoms with Gasteiger partial charge >= 0.3 is 5.97 Å². The third-order valence-electron chi connectivity index (χ3n) is 15.4. The van der Waals surface area contributed by atoms with Gasteiger partial charge in [0.15, 0.2) is 0 Å². The van der Waals surface area contributed by atoms with Gasteiger partial charge in [0.1, 0.15) is 24.4 Å². The van der Waals surface area contributed by atoms with E-state index in [1.807, 2.05) is 0 Å². The van der Waals surface area contributed by atoms with Gasteiger partial charge in [0.25, 0.3) is 0 Å². The van der Waals surface area contributed by atoms with Crippen LogP contribution in [-0.2, 0) is 14.3 Å². The predicted octanol–water partition coefficient (Wildman–Crippen LogP) is 3.32. The van der Waals surface area contributed by atoms with E-state index in [-0.39, 0.29) is 33.5 Å². The van der Waals surface area contributed by atoms with Crippen LogP contribution < -0.4 is 0 Å². The lowest BCUT2D eigenvalue weighted by Gasteiger charge is -2.71. The number of hydrogen-bond acceptors (Lipinski definition) is 9. The minimum absolute atomic E-state index is 0.0594. The molecule has 0 unspecified atom stereocenters. The fraction of sp³-hybridized carbons (Fsp3) is 0.917. The van der Waals surface area contributed by atoms with Crippen molar-refractivity contribution in [1.82, 2.24) is 0 Å². The van der Waals surface area contributed by atoms with Gasteiger partial charge in [-0.1, -0.05) is 60.1 Å². The molecule has 0 radical (unpaired) electrons. The molecule has 256 valence electrons. The topological polar surface area (TPSA) is 157 Å². The van der Waals surface area contributed by atoms with Crippen LogP contribution in [-0.4, -0.2) is 86.1 Å². The van der Waals surface area contributed by atoms with Gasteiger partial charge in [-0.3, -0.25) is 4.79 Å². The summed E-state index contributed by atoms with van der Waals surface area (Å²) in [4.78, 5) is 14.4. The predicted molar refractivity (Wildman–Crippen MR) is 166 cm³/mol. The van der Waals surface area contributed by atoms with Crippen molar-refractivity contribution < 1.29 is 44.9 Å². The highest BCUT2D eigenvalue weighted by Gasteiger charge is 2.70. The van der Waals surface area contributed by atoms with Crippen molar-refractivity contribution in [3.05, 3.63) is 11.6 Å². The van der Waals surface area contributed by atoms with E-state index in [0.29, 0.717) is 37.0 Å². The molecule has 0 aromatic rings. The Balaban J connectivity index is 1.37. The van der Waals surface area contributed by atoms with Gasteiger partial charge in [-0.15, -0.1) is 0 Å². The molecule has 6 rings (SSSR count). The maximum Gasteiger partial charge on any atom is 0.315 e. The Kier molecular flexibility index (Phi) is 8.25. The lowest BCUT2D eigenvalue weighted by Crippen LogP contribution is -2.67. The molecule has 4 saturated carbocycles. The second-order valence-corrected chi connectivity index (χ2v) is 17.4. The van der Waals surface area contributed by atoms with Crippen molar-refractivity contribution >= 4 is 5.97 Å².